The van der Waals surface area contributed by atoms with Crippen molar-refractivity contribution in [1.29, 1.82) is 0 Å². The Hall–Kier alpha value is -0.970. The van der Waals surface area contributed by atoms with E-state index in [9.17, 15) is 8.78 Å². The number of aromatic amines is 1. The van der Waals surface area contributed by atoms with Crippen LogP contribution in [0.1, 0.15) is 5.69 Å². The molecule has 0 aliphatic rings. The molecule has 1 radical (unpaired) electrons. The summed E-state index contributed by atoms with van der Waals surface area (Å²) in [6, 6.07) is 1.45. The van der Waals surface area contributed by atoms with Crippen molar-refractivity contribution in [3.63, 3.8) is 0 Å². The molecule has 0 spiro atoms. The van der Waals surface area contributed by atoms with Crippen molar-refractivity contribution in [1.82, 2.24) is 10.2 Å². The van der Waals surface area contributed by atoms with Gasteiger partial charge in [0.1, 0.15) is 6.20 Å². The number of aromatic nitrogens is 2. The number of hydrogen-bond acceptors (Lipinski definition) is 2. The minimum absolute atomic E-state index is 0.159. The number of hydrogen-bond donors (Lipinski definition) is 1. The van der Waals surface area contributed by atoms with Crippen LogP contribution in [0.2, 0.25) is 0 Å². The third kappa shape index (κ3) is 2.10. The van der Waals surface area contributed by atoms with Gasteiger partial charge in [0, 0.05) is 0 Å². The van der Waals surface area contributed by atoms with Crippen LogP contribution in [-0.4, -0.2) is 16.8 Å². The lowest BCUT2D eigenvalue weighted by Gasteiger charge is -1.97. The Kier molecular flexibility index (Phi) is 2.33. The van der Waals surface area contributed by atoms with Crippen LogP contribution < -0.4 is 0 Å². The van der Waals surface area contributed by atoms with E-state index in [1.807, 2.05) is 0 Å². The fourth-order valence-corrected chi connectivity index (χ4v) is 0.473. The van der Waals surface area contributed by atoms with E-state index in [-0.39, 0.29) is 6.61 Å². The summed E-state index contributed by atoms with van der Waals surface area (Å²) in [6.07, 6.45) is 2.42. The Balaban J connectivity index is 2.28. The Bertz CT molecular complexity index is 176. The molecule has 10 heavy (non-hydrogen) atoms. The molecule has 0 atom stereocenters. The van der Waals surface area contributed by atoms with Crippen LogP contribution in [0.25, 0.3) is 0 Å². The minimum atomic E-state index is -2.73. The Labute approximate surface area is 56.0 Å². The van der Waals surface area contributed by atoms with Gasteiger partial charge in [-0.05, 0) is 6.07 Å². The fourth-order valence-electron chi connectivity index (χ4n) is 0.473. The molecule has 0 saturated heterocycles. The number of halogens is 2. The first kappa shape index (κ1) is 7.14. The van der Waals surface area contributed by atoms with Gasteiger partial charge in [-0.25, -0.2) is 0 Å². The molecule has 5 heteroatoms. The van der Waals surface area contributed by atoms with E-state index in [2.05, 4.69) is 21.1 Å². The lowest BCUT2D eigenvalue weighted by molar-refractivity contribution is -0.137. The Morgan fingerprint density at radius 2 is 2.60 bits per heavy atom. The molecule has 0 bridgehead atoms. The van der Waals surface area contributed by atoms with Crippen molar-refractivity contribution < 1.29 is 13.5 Å². The highest BCUT2D eigenvalue weighted by molar-refractivity contribution is 4.93. The first-order chi connectivity index (χ1) is 4.79. The van der Waals surface area contributed by atoms with Crippen molar-refractivity contribution in [2.75, 3.05) is 0 Å². The molecule has 1 heterocycles. The lowest BCUT2D eigenvalue weighted by Crippen LogP contribution is -1.99. The fraction of sp³-hybridized carbons (Fsp3) is 0.400. The number of alkyl halides is 2. The molecule has 1 aromatic heterocycles. The normalized spacial score (nSPS) is 10.7. The molecular formula is C5H5F2N2O. The quantitative estimate of drug-likeness (QED) is 0.691. The SMILES string of the molecule is FC(F)OCc1c[c]n[nH]1. The van der Waals surface area contributed by atoms with Crippen LogP contribution in [0, 0.1) is 6.20 Å². The van der Waals surface area contributed by atoms with Crippen LogP contribution in [0.4, 0.5) is 8.78 Å². The van der Waals surface area contributed by atoms with E-state index in [4.69, 9.17) is 0 Å². The maximum absolute atomic E-state index is 11.4. The number of rotatable bonds is 3. The summed E-state index contributed by atoms with van der Waals surface area (Å²) in [6.45, 7) is -2.89. The van der Waals surface area contributed by atoms with Gasteiger partial charge in [0.25, 0.3) is 0 Å². The lowest BCUT2D eigenvalue weighted by atomic mass is 10.5. The monoisotopic (exact) mass is 147 g/mol. The van der Waals surface area contributed by atoms with E-state index in [0.717, 1.165) is 0 Å². The van der Waals surface area contributed by atoms with Gasteiger partial charge >= 0.3 is 6.61 Å². The van der Waals surface area contributed by atoms with E-state index in [1.54, 1.807) is 0 Å². The van der Waals surface area contributed by atoms with Crippen LogP contribution in [0.3, 0.4) is 0 Å². The molecule has 0 aliphatic heterocycles. The second-order valence-electron chi connectivity index (χ2n) is 1.59. The Morgan fingerprint density at radius 3 is 3.10 bits per heavy atom. The zero-order valence-corrected chi connectivity index (χ0v) is 4.97. The highest BCUT2D eigenvalue weighted by atomic mass is 19.3. The van der Waals surface area contributed by atoms with E-state index in [0.29, 0.717) is 5.69 Å². The zero-order valence-electron chi connectivity index (χ0n) is 4.97. The van der Waals surface area contributed by atoms with Crippen LogP contribution in [-0.2, 0) is 11.3 Å². The predicted molar refractivity (Wildman–Crippen MR) is 28.2 cm³/mol. The number of H-pyrrole nitrogens is 1. The van der Waals surface area contributed by atoms with Crippen molar-refractivity contribution in [2.45, 2.75) is 13.2 Å². The average molecular weight is 147 g/mol. The minimum Gasteiger partial charge on any atom is -0.317 e. The molecular weight excluding hydrogens is 142 g/mol. The highest BCUT2D eigenvalue weighted by Gasteiger charge is 2.01. The zero-order chi connectivity index (χ0) is 7.40. The first-order valence-electron chi connectivity index (χ1n) is 2.59. The van der Waals surface area contributed by atoms with Crippen molar-refractivity contribution in [2.24, 2.45) is 0 Å². The molecule has 0 saturated carbocycles. The third-order valence-corrected chi connectivity index (χ3v) is 0.868. The highest BCUT2D eigenvalue weighted by Crippen LogP contribution is 2.00. The smallest absolute Gasteiger partial charge is 0.317 e. The van der Waals surface area contributed by atoms with Gasteiger partial charge in [-0.1, -0.05) is 0 Å². The molecule has 0 aliphatic carbocycles. The van der Waals surface area contributed by atoms with Gasteiger partial charge in [0.15, 0.2) is 0 Å². The first-order valence-corrected chi connectivity index (χ1v) is 2.59. The molecule has 1 N–H and O–H groups in total. The van der Waals surface area contributed by atoms with Gasteiger partial charge in [-0.15, -0.1) is 0 Å². The molecule has 0 unspecified atom stereocenters. The van der Waals surface area contributed by atoms with Crippen LogP contribution in [0.15, 0.2) is 6.07 Å². The number of ether oxygens (including phenoxy) is 1. The summed E-state index contributed by atoms with van der Waals surface area (Å²) in [4.78, 5) is 0. The van der Waals surface area contributed by atoms with Gasteiger partial charge in [0.2, 0.25) is 0 Å². The van der Waals surface area contributed by atoms with Gasteiger partial charge in [-0.2, -0.15) is 13.9 Å². The van der Waals surface area contributed by atoms with E-state index < -0.39 is 6.61 Å². The van der Waals surface area contributed by atoms with Crippen molar-refractivity contribution in [3.8, 4) is 0 Å². The average Bonchev–Trinajstić information content (AvgIpc) is 2.34. The van der Waals surface area contributed by atoms with Crippen molar-refractivity contribution in [3.05, 3.63) is 18.0 Å². The molecule has 55 valence electrons. The van der Waals surface area contributed by atoms with Gasteiger partial charge in [0.05, 0.1) is 12.3 Å². The summed E-state index contributed by atoms with van der Waals surface area (Å²) in [7, 11) is 0. The molecule has 0 fully saturated rings. The maximum Gasteiger partial charge on any atom is 0.345 e. The predicted octanol–water partition coefficient (Wildman–Crippen LogP) is 0.949. The molecule has 3 nitrogen and oxygen atoms in total. The van der Waals surface area contributed by atoms with Crippen LogP contribution >= 0.6 is 0 Å². The van der Waals surface area contributed by atoms with Gasteiger partial charge < -0.3 is 4.74 Å². The summed E-state index contributed by atoms with van der Waals surface area (Å²) < 4.78 is 26.7. The molecule has 0 aromatic carbocycles. The van der Waals surface area contributed by atoms with E-state index in [1.165, 1.54) is 6.07 Å². The number of nitrogens with zero attached hydrogens (tertiary/aromatic N) is 1. The third-order valence-electron chi connectivity index (χ3n) is 0.868. The largest absolute Gasteiger partial charge is 0.345 e. The van der Waals surface area contributed by atoms with Crippen LogP contribution in [0.5, 0.6) is 0 Å². The maximum atomic E-state index is 11.4. The molecule has 1 aromatic rings. The summed E-state index contributed by atoms with van der Waals surface area (Å²) in [5.74, 6) is 0. The topological polar surface area (TPSA) is 37.9 Å². The number of nitrogens with one attached hydrogen (secondary N) is 1. The Morgan fingerprint density at radius 1 is 1.80 bits per heavy atom. The summed E-state index contributed by atoms with van der Waals surface area (Å²) >= 11 is 0. The standard InChI is InChI=1S/C5H5F2N2O/c6-5(7)10-3-4-1-2-8-9-4/h1,5H,3H2,(H,8,9). The summed E-state index contributed by atoms with van der Waals surface area (Å²) in [5, 5.41) is 5.85. The molecule has 1 rings (SSSR count). The second kappa shape index (κ2) is 3.26. The van der Waals surface area contributed by atoms with E-state index >= 15 is 0 Å². The van der Waals surface area contributed by atoms with Gasteiger partial charge in [-0.3, -0.25) is 5.10 Å². The summed E-state index contributed by atoms with van der Waals surface area (Å²) in [5.41, 5.74) is 0.486. The van der Waals surface area contributed by atoms with Crippen molar-refractivity contribution >= 4 is 0 Å². The second-order valence-corrected chi connectivity index (χ2v) is 1.59. The molecule has 0 amide bonds.